The molecule has 0 aromatic carbocycles. The van der Waals surface area contributed by atoms with Crippen LogP contribution in [0.1, 0.15) is 84.0 Å². The number of esters is 4. The molecule has 0 aromatic rings. The van der Waals surface area contributed by atoms with Gasteiger partial charge in [-0.1, -0.05) is 50.1 Å². The van der Waals surface area contributed by atoms with E-state index in [9.17, 15) is 19.2 Å². The van der Waals surface area contributed by atoms with Gasteiger partial charge in [-0.25, -0.2) is 0 Å². The van der Waals surface area contributed by atoms with Crippen LogP contribution in [0.25, 0.3) is 0 Å². The largest absolute Gasteiger partial charge is 0.466 e. The predicted octanol–water partition coefficient (Wildman–Crippen LogP) is 4.06. The molecular formula is C34H66N4O9S4. The summed E-state index contributed by atoms with van der Waals surface area (Å²) >= 11 is 0. The molecule has 17 heteroatoms. The molecule has 51 heavy (non-hydrogen) atoms. The topological polar surface area (TPSA) is 179 Å². The van der Waals surface area contributed by atoms with Crippen LogP contribution >= 0.6 is 43.2 Å². The number of aliphatic hydroxyl groups is 1. The first-order valence-electron chi connectivity index (χ1n) is 18.5. The molecule has 0 saturated carbocycles. The van der Waals surface area contributed by atoms with Crippen molar-refractivity contribution in [3.8, 4) is 0 Å². The summed E-state index contributed by atoms with van der Waals surface area (Å²) < 4.78 is 21.2. The highest BCUT2D eigenvalue weighted by Gasteiger charge is 2.13. The summed E-state index contributed by atoms with van der Waals surface area (Å²) in [5.74, 6) is 2.96. The molecule has 13 nitrogen and oxygen atoms in total. The number of hydrogen-bond donors (Lipinski definition) is 4. The van der Waals surface area contributed by atoms with Crippen molar-refractivity contribution in [1.29, 1.82) is 0 Å². The Labute approximate surface area is 322 Å². The average molecular weight is 803 g/mol. The van der Waals surface area contributed by atoms with E-state index < -0.39 is 0 Å². The summed E-state index contributed by atoms with van der Waals surface area (Å²) in [4.78, 5) is 50.4. The van der Waals surface area contributed by atoms with Crippen molar-refractivity contribution >= 4 is 67.1 Å². The Hall–Kier alpha value is -0.920. The maximum absolute atomic E-state index is 12.3. The van der Waals surface area contributed by atoms with E-state index in [1.807, 2.05) is 26.5 Å². The molecule has 0 saturated heterocycles. The predicted molar refractivity (Wildman–Crippen MR) is 213 cm³/mol. The quantitative estimate of drug-likeness (QED) is 0.0303. The van der Waals surface area contributed by atoms with E-state index in [-0.39, 0.29) is 56.5 Å². The Bertz CT molecular complexity index is 794. The highest BCUT2D eigenvalue weighted by atomic mass is 33.1. The molecule has 0 atom stereocenters. The lowest BCUT2D eigenvalue weighted by molar-refractivity contribution is -0.147. The van der Waals surface area contributed by atoms with Gasteiger partial charge >= 0.3 is 23.9 Å². The van der Waals surface area contributed by atoms with Crippen LogP contribution in [0.2, 0.25) is 0 Å². The molecule has 0 spiro atoms. The molecule has 0 rings (SSSR count). The zero-order valence-electron chi connectivity index (χ0n) is 30.9. The number of rotatable bonds is 39. The van der Waals surface area contributed by atoms with Crippen LogP contribution in [0.3, 0.4) is 0 Å². The third-order valence-electron chi connectivity index (χ3n) is 6.92. The van der Waals surface area contributed by atoms with Crippen LogP contribution in [0.4, 0.5) is 0 Å². The van der Waals surface area contributed by atoms with Gasteiger partial charge in [0, 0.05) is 75.4 Å². The van der Waals surface area contributed by atoms with Gasteiger partial charge in [-0.3, -0.25) is 19.2 Å². The fourth-order valence-corrected chi connectivity index (χ4v) is 8.02. The number of nitrogens with one attached hydrogen (secondary N) is 2. The zero-order chi connectivity index (χ0) is 37.5. The number of aliphatic hydroxyl groups excluding tert-OH is 1. The molecule has 5 N–H and O–H groups in total. The lowest BCUT2D eigenvalue weighted by atomic mass is 10.2. The molecule has 0 radical (unpaired) electrons. The third-order valence-corrected chi connectivity index (χ3v) is 12.0. The van der Waals surface area contributed by atoms with Crippen LogP contribution in [0, 0.1) is 0 Å². The van der Waals surface area contributed by atoms with Crippen molar-refractivity contribution in [2.45, 2.75) is 84.0 Å². The van der Waals surface area contributed by atoms with Gasteiger partial charge in [0.05, 0.1) is 52.1 Å². The minimum absolute atomic E-state index is 0.137. The highest BCUT2D eigenvalue weighted by molar-refractivity contribution is 8.77. The maximum Gasteiger partial charge on any atom is 0.307 e. The number of nitrogens with two attached hydrogens (primary N) is 1. The van der Waals surface area contributed by atoms with Crippen molar-refractivity contribution in [3.63, 3.8) is 0 Å². The van der Waals surface area contributed by atoms with Gasteiger partial charge < -0.3 is 45.3 Å². The van der Waals surface area contributed by atoms with Gasteiger partial charge in [0.2, 0.25) is 0 Å². The SMILES string of the molecule is CCCSSCCNCCC(=O)OCCCCOC(=O)CCN(CCCCCO)CCC(=O)OCCCCOC(=O)CCNCCSSCCN. The molecular weight excluding hydrogens is 737 g/mol. The minimum atomic E-state index is -0.311. The second kappa shape index (κ2) is 40.3. The van der Waals surface area contributed by atoms with Crippen molar-refractivity contribution in [1.82, 2.24) is 15.5 Å². The Morgan fingerprint density at radius 1 is 0.549 bits per heavy atom. The fourth-order valence-electron chi connectivity index (χ4n) is 4.12. The molecule has 0 aliphatic carbocycles. The summed E-state index contributed by atoms with van der Waals surface area (Å²) in [5, 5.41) is 15.5. The second-order valence-electron chi connectivity index (χ2n) is 11.5. The zero-order valence-corrected chi connectivity index (χ0v) is 34.1. The van der Waals surface area contributed by atoms with Gasteiger partial charge in [-0.15, -0.1) is 0 Å². The molecule has 0 aliphatic heterocycles. The maximum atomic E-state index is 12.3. The van der Waals surface area contributed by atoms with E-state index in [1.165, 1.54) is 6.42 Å². The van der Waals surface area contributed by atoms with Crippen molar-refractivity contribution in [3.05, 3.63) is 0 Å². The number of hydrogen-bond acceptors (Lipinski definition) is 17. The lowest BCUT2D eigenvalue weighted by Crippen LogP contribution is -2.30. The number of nitrogens with zero attached hydrogens (tertiary/aromatic N) is 1. The standard InChI is InChI=1S/C34H66N4O9S4/c1-2-27-48-50-29-17-36-15-10-31(40)44-23-6-8-25-46-33(42)12-20-38(19-4-3-5-22-39)21-13-34(43)47-26-9-7-24-45-32(41)11-16-37-18-30-51-49-28-14-35/h36-37,39H,2-30,35H2,1H3. The first kappa shape index (κ1) is 50.1. The molecule has 0 heterocycles. The van der Waals surface area contributed by atoms with Crippen LogP contribution in [-0.2, 0) is 38.1 Å². The Kier molecular flexibility index (Phi) is 39.5. The minimum Gasteiger partial charge on any atom is -0.466 e. The van der Waals surface area contributed by atoms with E-state index in [0.29, 0.717) is 97.4 Å². The van der Waals surface area contributed by atoms with E-state index in [2.05, 4.69) is 17.6 Å². The van der Waals surface area contributed by atoms with Crippen LogP contribution < -0.4 is 16.4 Å². The summed E-state index contributed by atoms with van der Waals surface area (Å²) in [6, 6.07) is 0. The normalized spacial score (nSPS) is 11.1. The van der Waals surface area contributed by atoms with Gasteiger partial charge in [-0.05, 0) is 57.9 Å². The molecule has 0 aliphatic rings. The van der Waals surface area contributed by atoms with Crippen molar-refractivity contribution in [2.24, 2.45) is 5.73 Å². The van der Waals surface area contributed by atoms with Crippen LogP contribution in [-0.4, -0.2) is 142 Å². The summed E-state index contributed by atoms with van der Waals surface area (Å²) in [6.07, 6.45) is 7.09. The van der Waals surface area contributed by atoms with Gasteiger partial charge in [-0.2, -0.15) is 0 Å². The van der Waals surface area contributed by atoms with E-state index >= 15 is 0 Å². The smallest absolute Gasteiger partial charge is 0.307 e. The van der Waals surface area contributed by atoms with E-state index in [0.717, 1.165) is 48.9 Å². The number of unbranched alkanes of at least 4 members (excludes halogenated alkanes) is 4. The molecule has 0 aromatic heterocycles. The first-order chi connectivity index (χ1) is 24.9. The third kappa shape index (κ3) is 38.6. The molecule has 0 unspecified atom stereocenters. The van der Waals surface area contributed by atoms with Crippen LogP contribution in [0.15, 0.2) is 0 Å². The van der Waals surface area contributed by atoms with E-state index in [1.54, 1.807) is 21.6 Å². The summed E-state index contributed by atoms with van der Waals surface area (Å²) in [7, 11) is 7.22. The average Bonchev–Trinajstić information content (AvgIpc) is 3.12. The molecule has 0 amide bonds. The first-order valence-corrected chi connectivity index (χ1v) is 23.5. The highest BCUT2D eigenvalue weighted by Crippen LogP contribution is 2.20. The van der Waals surface area contributed by atoms with Crippen molar-refractivity contribution in [2.75, 3.05) is 108 Å². The lowest BCUT2D eigenvalue weighted by Gasteiger charge is -2.21. The molecule has 0 fully saturated rings. The van der Waals surface area contributed by atoms with Gasteiger partial charge in [0.15, 0.2) is 0 Å². The van der Waals surface area contributed by atoms with Crippen molar-refractivity contribution < 1.29 is 43.2 Å². The Balaban J connectivity index is 3.97. The fraction of sp³-hybridized carbons (Fsp3) is 0.882. The van der Waals surface area contributed by atoms with E-state index in [4.69, 9.17) is 29.8 Å². The Morgan fingerprint density at radius 2 is 0.980 bits per heavy atom. The van der Waals surface area contributed by atoms with Gasteiger partial charge in [0.25, 0.3) is 0 Å². The molecule has 300 valence electrons. The number of ether oxygens (including phenoxy) is 4. The van der Waals surface area contributed by atoms with Crippen LogP contribution in [0.5, 0.6) is 0 Å². The molecule has 0 bridgehead atoms. The summed E-state index contributed by atoms with van der Waals surface area (Å²) in [5.41, 5.74) is 5.45. The number of carbonyl (C=O) groups is 4. The second-order valence-corrected chi connectivity index (χ2v) is 16.9. The monoisotopic (exact) mass is 802 g/mol. The number of carbonyl (C=O) groups excluding carboxylic acids is 4. The Morgan fingerprint density at radius 3 is 1.41 bits per heavy atom. The van der Waals surface area contributed by atoms with Gasteiger partial charge in [0.1, 0.15) is 0 Å². The summed E-state index contributed by atoms with van der Waals surface area (Å²) in [6.45, 7) is 8.59.